The smallest absolute Gasteiger partial charge is 0.115 e. The molecule has 0 amide bonds. The van der Waals surface area contributed by atoms with Crippen molar-refractivity contribution >= 4 is 0 Å². The van der Waals surface area contributed by atoms with E-state index in [0.29, 0.717) is 6.54 Å². The highest BCUT2D eigenvalue weighted by molar-refractivity contribution is 5.35. The van der Waals surface area contributed by atoms with Crippen LogP contribution in [0.4, 0.5) is 0 Å². The van der Waals surface area contributed by atoms with Gasteiger partial charge in [0.15, 0.2) is 0 Å². The third-order valence-corrected chi connectivity index (χ3v) is 5.33. The van der Waals surface area contributed by atoms with E-state index >= 15 is 0 Å². The third-order valence-electron chi connectivity index (χ3n) is 5.33. The predicted molar refractivity (Wildman–Crippen MR) is 96.6 cm³/mol. The number of aliphatic hydroxyl groups is 1. The summed E-state index contributed by atoms with van der Waals surface area (Å²) in [5.41, 5.74) is 2.93. The van der Waals surface area contributed by atoms with Gasteiger partial charge in [-0.05, 0) is 42.6 Å². The van der Waals surface area contributed by atoms with Crippen LogP contribution in [0.1, 0.15) is 29.5 Å². The first-order valence-electron chi connectivity index (χ1n) is 9.02. The van der Waals surface area contributed by atoms with Crippen LogP contribution >= 0.6 is 0 Å². The first-order valence-corrected chi connectivity index (χ1v) is 9.02. The molecule has 126 valence electrons. The van der Waals surface area contributed by atoms with Gasteiger partial charge in [0.2, 0.25) is 0 Å². The van der Waals surface area contributed by atoms with Gasteiger partial charge >= 0.3 is 0 Å². The van der Waals surface area contributed by atoms with E-state index < -0.39 is 5.60 Å². The largest absolute Gasteiger partial charge is 0.382 e. The SMILES string of the molecule is OC1(CN2CCCC2)CN(Cc2ccccc2)Cc2ccccc21. The molecule has 3 heteroatoms. The molecule has 24 heavy (non-hydrogen) atoms. The Morgan fingerprint density at radius 1 is 0.875 bits per heavy atom. The Morgan fingerprint density at radius 2 is 1.58 bits per heavy atom. The van der Waals surface area contributed by atoms with Gasteiger partial charge in [0.25, 0.3) is 0 Å². The van der Waals surface area contributed by atoms with Crippen molar-refractivity contribution in [3.63, 3.8) is 0 Å². The highest BCUT2D eigenvalue weighted by Gasteiger charge is 2.39. The van der Waals surface area contributed by atoms with Crippen molar-refractivity contribution in [3.05, 3.63) is 71.3 Å². The molecule has 2 aromatic rings. The second kappa shape index (κ2) is 6.67. The highest BCUT2D eigenvalue weighted by atomic mass is 16.3. The molecular formula is C21H26N2O. The molecule has 0 saturated carbocycles. The topological polar surface area (TPSA) is 26.7 Å². The molecule has 1 saturated heterocycles. The van der Waals surface area contributed by atoms with Crippen LogP contribution in [0.2, 0.25) is 0 Å². The summed E-state index contributed by atoms with van der Waals surface area (Å²) in [4.78, 5) is 4.80. The Hall–Kier alpha value is -1.68. The van der Waals surface area contributed by atoms with Gasteiger partial charge in [0, 0.05) is 26.2 Å². The summed E-state index contributed by atoms with van der Waals surface area (Å²) >= 11 is 0. The van der Waals surface area contributed by atoms with Gasteiger partial charge in [-0.2, -0.15) is 0 Å². The summed E-state index contributed by atoms with van der Waals surface area (Å²) in [6.07, 6.45) is 2.51. The van der Waals surface area contributed by atoms with Gasteiger partial charge in [-0.1, -0.05) is 54.6 Å². The normalized spacial score (nSPS) is 24.9. The van der Waals surface area contributed by atoms with Gasteiger partial charge in [0.1, 0.15) is 5.60 Å². The zero-order chi connectivity index (χ0) is 16.4. The first-order chi connectivity index (χ1) is 11.7. The van der Waals surface area contributed by atoms with Crippen LogP contribution in [-0.4, -0.2) is 41.1 Å². The number of benzene rings is 2. The van der Waals surface area contributed by atoms with Crippen LogP contribution in [-0.2, 0) is 18.7 Å². The molecule has 0 aromatic heterocycles. The Morgan fingerprint density at radius 3 is 2.38 bits per heavy atom. The molecule has 2 aliphatic rings. The van der Waals surface area contributed by atoms with E-state index in [1.807, 2.05) is 0 Å². The lowest BCUT2D eigenvalue weighted by molar-refractivity contribution is -0.0406. The molecule has 0 spiro atoms. The van der Waals surface area contributed by atoms with Gasteiger partial charge in [0.05, 0.1) is 0 Å². The average molecular weight is 322 g/mol. The van der Waals surface area contributed by atoms with Gasteiger partial charge in [-0.3, -0.25) is 4.90 Å². The molecule has 2 aromatic carbocycles. The standard InChI is InChI=1S/C21H26N2O/c24-21(16-22-12-6-7-13-22)17-23(14-18-8-2-1-3-9-18)15-19-10-4-5-11-20(19)21/h1-5,8-11,24H,6-7,12-17H2. The Kier molecular flexibility index (Phi) is 4.40. The number of likely N-dealkylation sites (tertiary alicyclic amines) is 1. The maximum atomic E-state index is 11.5. The number of β-amino-alcohol motifs (C(OH)–C–C–N with tert-alkyl or cyclic N) is 1. The molecule has 0 radical (unpaired) electrons. The van der Waals surface area contributed by atoms with E-state index in [0.717, 1.165) is 38.3 Å². The fraction of sp³-hybridized carbons (Fsp3) is 0.429. The van der Waals surface area contributed by atoms with Crippen molar-refractivity contribution < 1.29 is 5.11 Å². The molecule has 0 bridgehead atoms. The maximum Gasteiger partial charge on any atom is 0.115 e. The molecule has 2 heterocycles. The summed E-state index contributed by atoms with van der Waals surface area (Å²) < 4.78 is 0. The minimum absolute atomic E-state index is 0.704. The Labute approximate surface area is 144 Å². The van der Waals surface area contributed by atoms with Crippen molar-refractivity contribution in [3.8, 4) is 0 Å². The lowest BCUT2D eigenvalue weighted by atomic mass is 9.85. The van der Waals surface area contributed by atoms with E-state index in [4.69, 9.17) is 0 Å². The molecule has 0 aliphatic carbocycles. The fourth-order valence-electron chi connectivity index (χ4n) is 4.26. The number of rotatable bonds is 4. The molecule has 1 unspecified atom stereocenters. The van der Waals surface area contributed by atoms with Crippen molar-refractivity contribution in [2.24, 2.45) is 0 Å². The highest BCUT2D eigenvalue weighted by Crippen LogP contribution is 2.34. The van der Waals surface area contributed by atoms with Gasteiger partial charge in [-0.15, -0.1) is 0 Å². The second-order valence-electron chi connectivity index (χ2n) is 7.30. The molecule has 1 atom stereocenters. The van der Waals surface area contributed by atoms with Crippen molar-refractivity contribution in [1.29, 1.82) is 0 Å². The zero-order valence-corrected chi connectivity index (χ0v) is 14.2. The quantitative estimate of drug-likeness (QED) is 0.937. The minimum atomic E-state index is -0.770. The minimum Gasteiger partial charge on any atom is -0.382 e. The van der Waals surface area contributed by atoms with E-state index in [2.05, 4.69) is 64.4 Å². The van der Waals surface area contributed by atoms with Crippen LogP contribution in [0.5, 0.6) is 0 Å². The van der Waals surface area contributed by atoms with E-state index in [-0.39, 0.29) is 0 Å². The van der Waals surface area contributed by atoms with E-state index in [1.54, 1.807) is 0 Å². The summed E-state index contributed by atoms with van der Waals surface area (Å²) in [5, 5.41) is 11.5. The third kappa shape index (κ3) is 3.25. The van der Waals surface area contributed by atoms with E-state index in [9.17, 15) is 5.11 Å². The van der Waals surface area contributed by atoms with Crippen molar-refractivity contribution in [2.75, 3.05) is 26.2 Å². The summed E-state index contributed by atoms with van der Waals surface area (Å²) in [5.74, 6) is 0. The monoisotopic (exact) mass is 322 g/mol. The van der Waals surface area contributed by atoms with Crippen LogP contribution in [0.3, 0.4) is 0 Å². The van der Waals surface area contributed by atoms with E-state index in [1.165, 1.54) is 24.0 Å². The second-order valence-corrected chi connectivity index (χ2v) is 7.30. The molecule has 4 rings (SSSR count). The van der Waals surface area contributed by atoms with Crippen LogP contribution in [0, 0.1) is 0 Å². The molecular weight excluding hydrogens is 296 g/mol. The lowest BCUT2D eigenvalue weighted by Gasteiger charge is -2.42. The van der Waals surface area contributed by atoms with Crippen LogP contribution in [0.15, 0.2) is 54.6 Å². The fourth-order valence-corrected chi connectivity index (χ4v) is 4.26. The summed E-state index contributed by atoms with van der Waals surface area (Å²) in [7, 11) is 0. The maximum absolute atomic E-state index is 11.5. The van der Waals surface area contributed by atoms with Gasteiger partial charge < -0.3 is 10.0 Å². The zero-order valence-electron chi connectivity index (χ0n) is 14.2. The van der Waals surface area contributed by atoms with Gasteiger partial charge in [-0.25, -0.2) is 0 Å². The predicted octanol–water partition coefficient (Wildman–Crippen LogP) is 2.99. The molecule has 1 N–H and O–H groups in total. The lowest BCUT2D eigenvalue weighted by Crippen LogP contribution is -2.51. The number of hydrogen-bond donors (Lipinski definition) is 1. The molecule has 2 aliphatic heterocycles. The Bertz CT molecular complexity index is 681. The van der Waals surface area contributed by atoms with Crippen LogP contribution < -0.4 is 0 Å². The molecule has 1 fully saturated rings. The first kappa shape index (κ1) is 15.8. The average Bonchev–Trinajstić information content (AvgIpc) is 3.08. The summed E-state index contributed by atoms with van der Waals surface area (Å²) in [6.45, 7) is 5.47. The number of hydrogen-bond acceptors (Lipinski definition) is 3. The van der Waals surface area contributed by atoms with Crippen molar-refractivity contribution in [2.45, 2.75) is 31.5 Å². The summed E-state index contributed by atoms with van der Waals surface area (Å²) in [6, 6.07) is 19.0. The number of nitrogens with zero attached hydrogens (tertiary/aromatic N) is 2. The van der Waals surface area contributed by atoms with Crippen molar-refractivity contribution in [1.82, 2.24) is 9.80 Å². The molecule has 3 nitrogen and oxygen atoms in total. The number of fused-ring (bicyclic) bond motifs is 1. The Balaban J connectivity index is 1.59. The van der Waals surface area contributed by atoms with Crippen LogP contribution in [0.25, 0.3) is 0 Å².